The van der Waals surface area contributed by atoms with Gasteiger partial charge in [-0.05, 0) is 31.0 Å². The standard InChI is InChI=1S/C16H20ClNS2/c1-3-13(18)16(14-7-8-15(17)20-14)19-10-12-6-4-5-11(2)9-12/h4-9,13,16H,3,10,18H2,1-2H3. The van der Waals surface area contributed by atoms with Crippen molar-refractivity contribution in [3.8, 4) is 0 Å². The molecule has 0 saturated heterocycles. The zero-order chi connectivity index (χ0) is 14.5. The topological polar surface area (TPSA) is 26.0 Å². The van der Waals surface area contributed by atoms with Crippen molar-refractivity contribution >= 4 is 34.7 Å². The minimum atomic E-state index is 0.166. The summed E-state index contributed by atoms with van der Waals surface area (Å²) in [6, 6.07) is 12.9. The van der Waals surface area contributed by atoms with Gasteiger partial charge in [0, 0.05) is 16.7 Å². The van der Waals surface area contributed by atoms with Crippen LogP contribution in [0.25, 0.3) is 0 Å². The van der Waals surface area contributed by atoms with Crippen molar-refractivity contribution < 1.29 is 0 Å². The number of rotatable bonds is 6. The fraction of sp³-hybridized carbons (Fsp3) is 0.375. The van der Waals surface area contributed by atoms with Crippen molar-refractivity contribution in [3.05, 3.63) is 56.7 Å². The molecule has 2 rings (SSSR count). The van der Waals surface area contributed by atoms with Gasteiger partial charge in [-0.1, -0.05) is 48.4 Å². The summed E-state index contributed by atoms with van der Waals surface area (Å²) >= 11 is 9.61. The molecule has 0 aliphatic heterocycles. The molecule has 20 heavy (non-hydrogen) atoms. The number of halogens is 1. The number of thioether (sulfide) groups is 1. The van der Waals surface area contributed by atoms with Gasteiger partial charge in [0.1, 0.15) is 0 Å². The predicted octanol–water partition coefficient (Wildman–Crippen LogP) is 5.42. The van der Waals surface area contributed by atoms with Crippen molar-refractivity contribution in [1.82, 2.24) is 0 Å². The first kappa shape index (κ1) is 15.9. The molecule has 0 aliphatic rings. The highest BCUT2D eigenvalue weighted by molar-refractivity contribution is 7.98. The monoisotopic (exact) mass is 325 g/mol. The Bertz CT molecular complexity index is 553. The van der Waals surface area contributed by atoms with Gasteiger partial charge in [0.05, 0.1) is 9.59 Å². The third-order valence-electron chi connectivity index (χ3n) is 3.25. The molecule has 0 spiro atoms. The van der Waals surface area contributed by atoms with E-state index >= 15 is 0 Å². The lowest BCUT2D eigenvalue weighted by atomic mass is 10.1. The van der Waals surface area contributed by atoms with Gasteiger partial charge >= 0.3 is 0 Å². The highest BCUT2D eigenvalue weighted by Crippen LogP contribution is 2.39. The van der Waals surface area contributed by atoms with Crippen LogP contribution in [0.15, 0.2) is 36.4 Å². The Labute approximate surface area is 134 Å². The van der Waals surface area contributed by atoms with E-state index in [0.717, 1.165) is 16.5 Å². The minimum Gasteiger partial charge on any atom is -0.326 e. The van der Waals surface area contributed by atoms with Crippen LogP contribution in [0.2, 0.25) is 4.34 Å². The number of thiophene rings is 1. The van der Waals surface area contributed by atoms with Crippen LogP contribution in [0.3, 0.4) is 0 Å². The lowest BCUT2D eigenvalue weighted by Crippen LogP contribution is -2.25. The van der Waals surface area contributed by atoms with Gasteiger partial charge < -0.3 is 5.73 Å². The first-order valence-electron chi connectivity index (χ1n) is 6.78. The molecule has 1 nitrogen and oxygen atoms in total. The van der Waals surface area contributed by atoms with E-state index in [4.69, 9.17) is 17.3 Å². The smallest absolute Gasteiger partial charge is 0.0931 e. The van der Waals surface area contributed by atoms with E-state index in [-0.39, 0.29) is 6.04 Å². The van der Waals surface area contributed by atoms with E-state index in [1.165, 1.54) is 16.0 Å². The summed E-state index contributed by atoms with van der Waals surface area (Å²) in [5.41, 5.74) is 8.95. The number of hydrogen-bond acceptors (Lipinski definition) is 3. The van der Waals surface area contributed by atoms with E-state index < -0.39 is 0 Å². The van der Waals surface area contributed by atoms with Crippen molar-refractivity contribution in [2.45, 2.75) is 37.3 Å². The van der Waals surface area contributed by atoms with Crippen molar-refractivity contribution in [3.63, 3.8) is 0 Å². The molecule has 1 aromatic heterocycles. The zero-order valence-corrected chi connectivity index (χ0v) is 14.2. The summed E-state index contributed by atoms with van der Waals surface area (Å²) in [5, 5.41) is 0.318. The molecule has 0 saturated carbocycles. The van der Waals surface area contributed by atoms with Crippen LogP contribution in [0, 0.1) is 6.92 Å². The number of aryl methyl sites for hydroxylation is 1. The second-order valence-electron chi connectivity index (χ2n) is 4.93. The van der Waals surface area contributed by atoms with Crippen LogP contribution in [0.1, 0.15) is 34.6 Å². The maximum Gasteiger partial charge on any atom is 0.0931 e. The Morgan fingerprint density at radius 2 is 2.10 bits per heavy atom. The van der Waals surface area contributed by atoms with Crippen LogP contribution in [0.4, 0.5) is 0 Å². The van der Waals surface area contributed by atoms with Gasteiger partial charge in [0.2, 0.25) is 0 Å². The van der Waals surface area contributed by atoms with Gasteiger partial charge in [0.25, 0.3) is 0 Å². The fourth-order valence-electron chi connectivity index (χ4n) is 2.10. The molecular formula is C16H20ClNS2. The number of nitrogens with two attached hydrogens (primary N) is 1. The first-order valence-corrected chi connectivity index (χ1v) is 9.02. The maximum absolute atomic E-state index is 6.30. The highest BCUT2D eigenvalue weighted by Gasteiger charge is 2.20. The molecule has 108 valence electrons. The molecule has 1 heterocycles. The van der Waals surface area contributed by atoms with Crippen molar-refractivity contribution in [1.29, 1.82) is 0 Å². The van der Waals surface area contributed by atoms with Gasteiger partial charge in [-0.2, -0.15) is 0 Å². The normalized spacial score (nSPS) is 14.2. The minimum absolute atomic E-state index is 0.166. The first-order chi connectivity index (χ1) is 9.60. The molecule has 0 aliphatic carbocycles. The van der Waals surface area contributed by atoms with Crippen molar-refractivity contribution in [2.75, 3.05) is 0 Å². The maximum atomic E-state index is 6.30. The van der Waals surface area contributed by atoms with E-state index in [0.29, 0.717) is 5.25 Å². The molecule has 4 heteroatoms. The quantitative estimate of drug-likeness (QED) is 0.767. The summed E-state index contributed by atoms with van der Waals surface area (Å²) in [5.74, 6) is 0.982. The van der Waals surface area contributed by atoms with Crippen LogP contribution in [-0.4, -0.2) is 6.04 Å². The second-order valence-corrected chi connectivity index (χ2v) is 7.81. The van der Waals surface area contributed by atoms with Gasteiger partial charge in [-0.25, -0.2) is 0 Å². The van der Waals surface area contributed by atoms with Crippen LogP contribution in [0.5, 0.6) is 0 Å². The Morgan fingerprint density at radius 1 is 1.30 bits per heavy atom. The molecule has 0 fully saturated rings. The fourth-order valence-corrected chi connectivity index (χ4v) is 4.80. The summed E-state index contributed by atoms with van der Waals surface area (Å²) in [6.07, 6.45) is 0.973. The number of benzene rings is 1. The Balaban J connectivity index is 2.08. The number of hydrogen-bond donors (Lipinski definition) is 1. The Kier molecular flexibility index (Phi) is 5.97. The molecule has 2 aromatic rings. The van der Waals surface area contributed by atoms with Crippen LogP contribution in [-0.2, 0) is 5.75 Å². The largest absolute Gasteiger partial charge is 0.326 e. The lowest BCUT2D eigenvalue weighted by molar-refractivity contribution is 0.640. The van der Waals surface area contributed by atoms with Crippen LogP contribution >= 0.6 is 34.7 Å². The average molecular weight is 326 g/mol. The predicted molar refractivity (Wildman–Crippen MR) is 92.8 cm³/mol. The SMILES string of the molecule is CCC(N)C(SCc1cccc(C)c1)c1ccc(Cl)s1. The third kappa shape index (κ3) is 4.26. The lowest BCUT2D eigenvalue weighted by Gasteiger charge is -2.21. The van der Waals surface area contributed by atoms with Gasteiger partial charge in [-0.15, -0.1) is 23.1 Å². The van der Waals surface area contributed by atoms with E-state index in [1.807, 2.05) is 17.8 Å². The summed E-state index contributed by atoms with van der Waals surface area (Å²) in [6.45, 7) is 4.27. The Hall–Kier alpha value is -0.480. The molecule has 0 amide bonds. The average Bonchev–Trinajstić information content (AvgIpc) is 2.85. The third-order valence-corrected chi connectivity index (χ3v) is 6.17. The zero-order valence-electron chi connectivity index (χ0n) is 11.8. The highest BCUT2D eigenvalue weighted by atomic mass is 35.5. The van der Waals surface area contributed by atoms with E-state index in [1.54, 1.807) is 11.3 Å². The molecular weight excluding hydrogens is 306 g/mol. The van der Waals surface area contributed by atoms with Gasteiger partial charge in [-0.3, -0.25) is 0 Å². The molecule has 1 aromatic carbocycles. The van der Waals surface area contributed by atoms with Gasteiger partial charge in [0.15, 0.2) is 0 Å². The summed E-state index contributed by atoms with van der Waals surface area (Å²) in [4.78, 5) is 1.28. The summed E-state index contributed by atoms with van der Waals surface area (Å²) < 4.78 is 0.837. The Morgan fingerprint density at radius 3 is 2.70 bits per heavy atom. The molecule has 2 N–H and O–H groups in total. The van der Waals surface area contributed by atoms with E-state index in [2.05, 4.69) is 44.2 Å². The molecule has 2 unspecified atom stereocenters. The summed E-state index contributed by atoms with van der Waals surface area (Å²) in [7, 11) is 0. The second kappa shape index (κ2) is 7.51. The molecule has 0 bridgehead atoms. The van der Waals surface area contributed by atoms with Crippen LogP contribution < -0.4 is 5.73 Å². The van der Waals surface area contributed by atoms with Crippen molar-refractivity contribution in [2.24, 2.45) is 5.73 Å². The van der Waals surface area contributed by atoms with E-state index in [9.17, 15) is 0 Å². The molecule has 0 radical (unpaired) electrons. The molecule has 2 atom stereocenters.